The number of nitrogen functional groups attached to an aromatic ring is 1. The fourth-order valence-electron chi connectivity index (χ4n) is 2.20. The number of likely N-dealkylation sites (N-methyl/N-ethyl adjacent to an activating group) is 1. The molecule has 1 aromatic carbocycles. The molecule has 2 N–H and O–H groups in total. The van der Waals surface area contributed by atoms with Gasteiger partial charge in [0, 0.05) is 24.6 Å². The van der Waals surface area contributed by atoms with Crippen LogP contribution < -0.4 is 10.6 Å². The molecular weight excluding hydrogens is 294 g/mol. The third-order valence-electron chi connectivity index (χ3n) is 3.23. The van der Waals surface area contributed by atoms with Crippen LogP contribution in [0.25, 0.3) is 0 Å². The second-order valence-corrected chi connectivity index (χ2v) is 5.56. The maximum absolute atomic E-state index is 12.1. The van der Waals surface area contributed by atoms with Crippen LogP contribution in [0.4, 0.5) is 11.4 Å². The molecule has 0 aromatic heterocycles. The molecule has 0 radical (unpaired) electrons. The minimum atomic E-state index is 0.175. The van der Waals surface area contributed by atoms with Crippen molar-refractivity contribution in [3.05, 3.63) is 22.7 Å². The lowest BCUT2D eigenvalue weighted by molar-refractivity contribution is -0.128. The highest BCUT2D eigenvalue weighted by Crippen LogP contribution is 2.26. The van der Waals surface area contributed by atoms with E-state index in [1.807, 2.05) is 35.0 Å². The van der Waals surface area contributed by atoms with Gasteiger partial charge in [-0.25, -0.2) is 0 Å². The number of anilines is 2. The van der Waals surface area contributed by atoms with Gasteiger partial charge >= 0.3 is 0 Å². The average molecular weight is 312 g/mol. The summed E-state index contributed by atoms with van der Waals surface area (Å²) in [5.41, 5.74) is 7.51. The van der Waals surface area contributed by atoms with E-state index in [-0.39, 0.29) is 5.91 Å². The van der Waals surface area contributed by atoms with Crippen LogP contribution in [-0.2, 0) is 4.79 Å². The molecule has 1 saturated heterocycles. The Balaban J connectivity index is 2.04. The zero-order valence-electron chi connectivity index (χ0n) is 10.5. The lowest BCUT2D eigenvalue weighted by Crippen LogP contribution is -2.37. The third-order valence-corrected chi connectivity index (χ3v) is 3.73. The Bertz CT molecular complexity index is 444. The maximum Gasteiger partial charge on any atom is 0.242 e. The van der Waals surface area contributed by atoms with Gasteiger partial charge in [0.15, 0.2) is 0 Å². The first-order valence-corrected chi connectivity index (χ1v) is 6.91. The smallest absolute Gasteiger partial charge is 0.242 e. The molecule has 1 heterocycles. The van der Waals surface area contributed by atoms with Crippen molar-refractivity contribution < 1.29 is 4.79 Å². The van der Waals surface area contributed by atoms with Crippen molar-refractivity contribution in [3.63, 3.8) is 0 Å². The first-order chi connectivity index (χ1) is 8.58. The monoisotopic (exact) mass is 311 g/mol. The number of hydrogen-bond donors (Lipinski definition) is 1. The van der Waals surface area contributed by atoms with Gasteiger partial charge in [0.2, 0.25) is 5.91 Å². The van der Waals surface area contributed by atoms with Gasteiger partial charge in [-0.15, -0.1) is 0 Å². The Hall–Kier alpha value is -1.23. The van der Waals surface area contributed by atoms with E-state index >= 15 is 0 Å². The molecule has 98 valence electrons. The Labute approximate surface area is 116 Å². The fraction of sp³-hybridized carbons (Fsp3) is 0.462. The Kier molecular flexibility index (Phi) is 4.11. The Morgan fingerprint density at radius 2 is 2.11 bits per heavy atom. The molecule has 18 heavy (non-hydrogen) atoms. The summed E-state index contributed by atoms with van der Waals surface area (Å²) in [7, 11) is 1.89. The zero-order valence-corrected chi connectivity index (χ0v) is 12.1. The lowest BCUT2D eigenvalue weighted by atomic mass is 10.2. The number of rotatable bonds is 3. The van der Waals surface area contributed by atoms with Crippen LogP contribution in [0.5, 0.6) is 0 Å². The van der Waals surface area contributed by atoms with Crippen molar-refractivity contribution in [2.75, 3.05) is 37.3 Å². The van der Waals surface area contributed by atoms with Gasteiger partial charge in [0.25, 0.3) is 0 Å². The molecule has 1 amide bonds. The highest BCUT2D eigenvalue weighted by molar-refractivity contribution is 9.10. The third kappa shape index (κ3) is 2.96. The number of benzene rings is 1. The summed E-state index contributed by atoms with van der Waals surface area (Å²) < 4.78 is 0.965. The maximum atomic E-state index is 12.1. The molecule has 1 aromatic rings. The van der Waals surface area contributed by atoms with Gasteiger partial charge < -0.3 is 15.5 Å². The minimum Gasteiger partial charge on any atom is -0.397 e. The van der Waals surface area contributed by atoms with E-state index in [2.05, 4.69) is 15.9 Å². The van der Waals surface area contributed by atoms with Gasteiger partial charge in [0.05, 0.1) is 17.9 Å². The summed E-state index contributed by atoms with van der Waals surface area (Å²) in [5.74, 6) is 0.175. The summed E-state index contributed by atoms with van der Waals surface area (Å²) in [5, 5.41) is 0. The summed E-state index contributed by atoms with van der Waals surface area (Å²) in [6.45, 7) is 2.15. The van der Waals surface area contributed by atoms with Gasteiger partial charge in [-0.05, 0) is 31.0 Å². The second kappa shape index (κ2) is 5.61. The number of halogens is 1. The largest absolute Gasteiger partial charge is 0.397 e. The van der Waals surface area contributed by atoms with Gasteiger partial charge in [0.1, 0.15) is 0 Å². The quantitative estimate of drug-likeness (QED) is 0.870. The molecule has 0 unspecified atom stereocenters. The van der Waals surface area contributed by atoms with Crippen LogP contribution in [-0.4, -0.2) is 37.5 Å². The van der Waals surface area contributed by atoms with Crippen molar-refractivity contribution in [3.8, 4) is 0 Å². The summed E-state index contributed by atoms with van der Waals surface area (Å²) in [4.78, 5) is 15.9. The van der Waals surface area contributed by atoms with Gasteiger partial charge in [-0.3, -0.25) is 4.79 Å². The highest BCUT2D eigenvalue weighted by Gasteiger charge is 2.19. The Morgan fingerprint density at radius 3 is 2.78 bits per heavy atom. The molecule has 2 rings (SSSR count). The molecule has 0 spiro atoms. The van der Waals surface area contributed by atoms with Gasteiger partial charge in [-0.2, -0.15) is 0 Å². The average Bonchev–Trinajstić information content (AvgIpc) is 2.85. The number of hydrogen-bond acceptors (Lipinski definition) is 3. The van der Waals surface area contributed by atoms with Crippen LogP contribution in [0.15, 0.2) is 22.7 Å². The van der Waals surface area contributed by atoms with Gasteiger partial charge in [-0.1, -0.05) is 15.9 Å². The predicted octanol–water partition coefficient (Wildman–Crippen LogP) is 2.09. The number of carbonyl (C=O) groups is 1. The first-order valence-electron chi connectivity index (χ1n) is 6.12. The molecule has 0 bridgehead atoms. The van der Waals surface area contributed by atoms with E-state index in [1.54, 1.807) is 0 Å². The number of carbonyl (C=O) groups excluding carboxylic acids is 1. The molecular formula is C13H18BrN3O. The number of amides is 1. The molecule has 1 aliphatic rings. The van der Waals surface area contributed by atoms with E-state index in [1.165, 1.54) is 0 Å². The summed E-state index contributed by atoms with van der Waals surface area (Å²) in [6, 6.07) is 5.68. The molecule has 0 saturated carbocycles. The van der Waals surface area contributed by atoms with E-state index in [4.69, 9.17) is 5.73 Å². The van der Waals surface area contributed by atoms with Crippen molar-refractivity contribution in [1.82, 2.24) is 4.90 Å². The van der Waals surface area contributed by atoms with Crippen LogP contribution in [0.1, 0.15) is 12.8 Å². The van der Waals surface area contributed by atoms with Crippen molar-refractivity contribution in [2.24, 2.45) is 0 Å². The van der Waals surface area contributed by atoms with Crippen LogP contribution in [0.3, 0.4) is 0 Å². The number of likely N-dealkylation sites (tertiary alicyclic amines) is 1. The van der Waals surface area contributed by atoms with E-state index in [9.17, 15) is 4.79 Å². The normalized spacial score (nSPS) is 14.9. The molecule has 4 nitrogen and oxygen atoms in total. The van der Waals surface area contributed by atoms with E-state index in [0.717, 1.165) is 36.1 Å². The number of nitrogens with two attached hydrogens (primary N) is 1. The molecule has 5 heteroatoms. The van der Waals surface area contributed by atoms with Crippen molar-refractivity contribution in [2.45, 2.75) is 12.8 Å². The van der Waals surface area contributed by atoms with Crippen LogP contribution in [0, 0.1) is 0 Å². The number of nitrogens with zero attached hydrogens (tertiary/aromatic N) is 2. The first kappa shape index (κ1) is 13.2. The standard InChI is InChI=1S/C13H18BrN3O/c1-16(9-13(18)17-6-2-3-7-17)12-8-10(14)4-5-11(12)15/h4-5,8H,2-3,6-7,9,15H2,1H3. The minimum absolute atomic E-state index is 0.175. The predicted molar refractivity (Wildman–Crippen MR) is 77.6 cm³/mol. The van der Waals surface area contributed by atoms with Crippen molar-refractivity contribution >= 4 is 33.2 Å². The highest BCUT2D eigenvalue weighted by atomic mass is 79.9. The zero-order chi connectivity index (χ0) is 13.1. The lowest BCUT2D eigenvalue weighted by Gasteiger charge is -2.24. The van der Waals surface area contributed by atoms with E-state index < -0.39 is 0 Å². The fourth-order valence-corrected chi connectivity index (χ4v) is 2.55. The second-order valence-electron chi connectivity index (χ2n) is 4.65. The molecule has 0 aliphatic carbocycles. The molecule has 1 aliphatic heterocycles. The van der Waals surface area contributed by atoms with Crippen LogP contribution >= 0.6 is 15.9 Å². The SMILES string of the molecule is CN(CC(=O)N1CCCC1)c1cc(Br)ccc1N. The summed E-state index contributed by atoms with van der Waals surface area (Å²) in [6.07, 6.45) is 2.24. The molecule has 0 atom stereocenters. The summed E-state index contributed by atoms with van der Waals surface area (Å²) >= 11 is 3.42. The van der Waals surface area contributed by atoms with Crippen molar-refractivity contribution in [1.29, 1.82) is 0 Å². The Morgan fingerprint density at radius 1 is 1.44 bits per heavy atom. The van der Waals surface area contributed by atoms with E-state index in [0.29, 0.717) is 12.2 Å². The molecule has 1 fully saturated rings. The topological polar surface area (TPSA) is 49.6 Å². The van der Waals surface area contributed by atoms with Crippen LogP contribution in [0.2, 0.25) is 0 Å².